The number of piperidine rings is 1. The highest BCUT2D eigenvalue weighted by molar-refractivity contribution is 7.89. The largest absolute Gasteiger partial charge is 0.495 e. The molecule has 0 bridgehead atoms. The van der Waals surface area contributed by atoms with E-state index in [0.717, 1.165) is 5.39 Å². The molecule has 1 aliphatic rings. The van der Waals surface area contributed by atoms with Crippen molar-refractivity contribution in [2.45, 2.75) is 17.7 Å². The monoisotopic (exact) mass is 459 g/mol. The lowest BCUT2D eigenvalue weighted by Crippen LogP contribution is -2.43. The molecule has 0 spiro atoms. The summed E-state index contributed by atoms with van der Waals surface area (Å²) in [6.45, 7) is 0.454. The quantitative estimate of drug-likeness (QED) is 0.624. The maximum absolute atomic E-state index is 13.4. The Morgan fingerprint density at radius 1 is 1.23 bits per heavy atom. The summed E-state index contributed by atoms with van der Waals surface area (Å²) in [4.78, 5) is 17.3. The Morgan fingerprint density at radius 2 is 2.03 bits per heavy atom. The van der Waals surface area contributed by atoms with E-state index < -0.39 is 15.9 Å². The van der Waals surface area contributed by atoms with Gasteiger partial charge in [-0.3, -0.25) is 9.78 Å². The third-order valence-corrected chi connectivity index (χ3v) is 7.52. The highest BCUT2D eigenvalue weighted by Gasteiger charge is 2.34. The van der Waals surface area contributed by atoms with Gasteiger partial charge in [-0.2, -0.15) is 4.31 Å². The molecule has 1 amide bonds. The van der Waals surface area contributed by atoms with Gasteiger partial charge in [-0.15, -0.1) is 0 Å². The average Bonchev–Trinajstić information content (AvgIpc) is 2.79. The van der Waals surface area contributed by atoms with Gasteiger partial charge in [0.2, 0.25) is 15.9 Å². The van der Waals surface area contributed by atoms with E-state index in [1.54, 1.807) is 42.6 Å². The van der Waals surface area contributed by atoms with Crippen molar-refractivity contribution in [3.05, 3.63) is 59.8 Å². The number of fused-ring (bicyclic) bond motifs is 1. The Kier molecular flexibility index (Phi) is 6.13. The van der Waals surface area contributed by atoms with Crippen molar-refractivity contribution < 1.29 is 17.9 Å². The molecule has 1 N–H and O–H groups in total. The van der Waals surface area contributed by atoms with E-state index in [1.165, 1.54) is 11.4 Å². The van der Waals surface area contributed by atoms with Crippen LogP contribution in [0.5, 0.6) is 5.75 Å². The van der Waals surface area contributed by atoms with E-state index in [0.29, 0.717) is 41.4 Å². The van der Waals surface area contributed by atoms with E-state index in [2.05, 4.69) is 10.3 Å². The number of carbonyl (C=O) groups excluding carboxylic acids is 1. The number of para-hydroxylation sites is 1. The number of methoxy groups -OCH3 is 1. The van der Waals surface area contributed by atoms with Gasteiger partial charge in [0.15, 0.2) is 0 Å². The number of nitrogens with one attached hydrogen (secondary N) is 1. The third-order valence-electron chi connectivity index (χ3n) is 5.39. The van der Waals surface area contributed by atoms with Crippen LogP contribution in [-0.4, -0.2) is 43.8 Å². The van der Waals surface area contributed by atoms with Crippen molar-refractivity contribution >= 4 is 44.1 Å². The van der Waals surface area contributed by atoms with Gasteiger partial charge in [-0.05, 0) is 43.2 Å². The zero-order valence-electron chi connectivity index (χ0n) is 16.9. The molecule has 0 aliphatic carbocycles. The van der Waals surface area contributed by atoms with Crippen molar-refractivity contribution in [2.24, 2.45) is 5.92 Å². The number of carbonyl (C=O) groups is 1. The number of sulfonamides is 1. The summed E-state index contributed by atoms with van der Waals surface area (Å²) in [7, 11) is -2.30. The van der Waals surface area contributed by atoms with Gasteiger partial charge in [0.1, 0.15) is 10.6 Å². The van der Waals surface area contributed by atoms with Gasteiger partial charge in [-0.25, -0.2) is 8.42 Å². The van der Waals surface area contributed by atoms with Crippen molar-refractivity contribution in [3.8, 4) is 5.75 Å². The molecule has 2 heterocycles. The molecule has 1 atom stereocenters. The van der Waals surface area contributed by atoms with Crippen LogP contribution >= 0.6 is 11.6 Å². The topological polar surface area (TPSA) is 88.6 Å². The zero-order chi connectivity index (χ0) is 22.0. The molecule has 1 aromatic heterocycles. The van der Waals surface area contributed by atoms with Crippen LogP contribution in [0.15, 0.2) is 59.6 Å². The van der Waals surface area contributed by atoms with E-state index in [1.807, 2.05) is 12.1 Å². The van der Waals surface area contributed by atoms with Crippen LogP contribution < -0.4 is 10.1 Å². The molecule has 7 nitrogen and oxygen atoms in total. The van der Waals surface area contributed by atoms with Gasteiger partial charge in [0, 0.05) is 29.7 Å². The van der Waals surface area contributed by atoms with Crippen molar-refractivity contribution in [1.29, 1.82) is 0 Å². The maximum atomic E-state index is 13.4. The fraction of sp³-hybridized carbons (Fsp3) is 0.273. The lowest BCUT2D eigenvalue weighted by molar-refractivity contribution is -0.120. The second-order valence-electron chi connectivity index (χ2n) is 7.37. The standard InChI is InChI=1S/C22H22ClN3O4S/c1-30-19-10-9-17(23)13-18(19)25-22(27)16-7-4-12-26(14-16)31(28,29)20-8-2-5-15-6-3-11-24-21(15)20/h2-3,5-6,8-11,13,16H,4,7,12,14H2,1H3,(H,25,27)/t16-/m0/s1. The highest BCUT2D eigenvalue weighted by atomic mass is 35.5. The molecule has 2 aromatic carbocycles. The molecule has 0 saturated carbocycles. The first kappa shape index (κ1) is 21.5. The fourth-order valence-corrected chi connectivity index (χ4v) is 5.67. The van der Waals surface area contributed by atoms with Gasteiger partial charge in [0.25, 0.3) is 0 Å². The zero-order valence-corrected chi connectivity index (χ0v) is 18.5. The summed E-state index contributed by atoms with van der Waals surface area (Å²) >= 11 is 6.04. The molecule has 1 aliphatic heterocycles. The molecule has 0 radical (unpaired) electrons. The SMILES string of the molecule is COc1ccc(Cl)cc1NC(=O)[C@H]1CCCN(S(=O)(=O)c2cccc3cccnc23)C1. The minimum absolute atomic E-state index is 0.0975. The third kappa shape index (κ3) is 4.37. The number of anilines is 1. The second kappa shape index (κ2) is 8.82. The number of benzene rings is 2. The first-order valence-corrected chi connectivity index (χ1v) is 11.7. The van der Waals surface area contributed by atoms with Crippen LogP contribution in [0.3, 0.4) is 0 Å². The number of pyridine rings is 1. The number of halogens is 1. The number of nitrogens with zero attached hydrogens (tertiary/aromatic N) is 2. The average molecular weight is 460 g/mol. The molecule has 9 heteroatoms. The van der Waals surface area contributed by atoms with Crippen LogP contribution in [0, 0.1) is 5.92 Å². The van der Waals surface area contributed by atoms with Crippen molar-refractivity contribution in [1.82, 2.24) is 9.29 Å². The maximum Gasteiger partial charge on any atom is 0.245 e. The predicted molar refractivity (Wildman–Crippen MR) is 120 cm³/mol. The Balaban J connectivity index is 1.57. The Hall–Kier alpha value is -2.68. The Labute approximate surface area is 186 Å². The minimum atomic E-state index is -3.80. The van der Waals surface area contributed by atoms with Crippen LogP contribution in [0.1, 0.15) is 12.8 Å². The van der Waals surface area contributed by atoms with Gasteiger partial charge >= 0.3 is 0 Å². The number of rotatable bonds is 5. The summed E-state index contributed by atoms with van der Waals surface area (Å²) in [5, 5.41) is 4.05. The lowest BCUT2D eigenvalue weighted by atomic mass is 9.98. The summed E-state index contributed by atoms with van der Waals surface area (Å²) < 4.78 is 33.4. The van der Waals surface area contributed by atoms with Crippen LogP contribution in [0.2, 0.25) is 5.02 Å². The number of ether oxygens (including phenoxy) is 1. The van der Waals surface area contributed by atoms with Crippen molar-refractivity contribution in [2.75, 3.05) is 25.5 Å². The second-order valence-corrected chi connectivity index (χ2v) is 9.71. The molecule has 4 rings (SSSR count). The molecular weight excluding hydrogens is 438 g/mol. The Morgan fingerprint density at radius 3 is 2.84 bits per heavy atom. The van der Waals surface area contributed by atoms with Crippen LogP contribution in [-0.2, 0) is 14.8 Å². The summed E-state index contributed by atoms with van der Waals surface area (Å²) in [5.74, 6) is -0.272. The summed E-state index contributed by atoms with van der Waals surface area (Å²) in [5.41, 5.74) is 0.887. The fourth-order valence-electron chi connectivity index (χ4n) is 3.81. The summed E-state index contributed by atoms with van der Waals surface area (Å²) in [6, 6.07) is 13.6. The normalized spacial score (nSPS) is 17.4. The molecular formula is C22H22ClN3O4S. The molecule has 162 valence electrons. The molecule has 1 saturated heterocycles. The minimum Gasteiger partial charge on any atom is -0.495 e. The number of hydrogen-bond acceptors (Lipinski definition) is 5. The van der Waals surface area contributed by atoms with E-state index >= 15 is 0 Å². The number of aromatic nitrogens is 1. The van der Waals surface area contributed by atoms with Gasteiger partial charge in [-0.1, -0.05) is 29.8 Å². The van der Waals surface area contributed by atoms with Crippen LogP contribution in [0.25, 0.3) is 10.9 Å². The number of amides is 1. The lowest BCUT2D eigenvalue weighted by Gasteiger charge is -2.31. The highest BCUT2D eigenvalue weighted by Crippen LogP contribution is 2.31. The Bertz CT molecular complexity index is 1230. The molecule has 31 heavy (non-hydrogen) atoms. The molecule has 1 fully saturated rings. The van der Waals surface area contributed by atoms with E-state index in [9.17, 15) is 13.2 Å². The van der Waals surface area contributed by atoms with E-state index in [4.69, 9.17) is 16.3 Å². The first-order chi connectivity index (χ1) is 14.9. The molecule has 3 aromatic rings. The first-order valence-electron chi connectivity index (χ1n) is 9.88. The van der Waals surface area contributed by atoms with Crippen molar-refractivity contribution in [3.63, 3.8) is 0 Å². The molecule has 0 unspecified atom stereocenters. The van der Waals surface area contributed by atoms with Gasteiger partial charge in [0.05, 0.1) is 24.2 Å². The summed E-state index contributed by atoms with van der Waals surface area (Å²) in [6.07, 6.45) is 2.75. The smallest absolute Gasteiger partial charge is 0.245 e. The number of hydrogen-bond donors (Lipinski definition) is 1. The van der Waals surface area contributed by atoms with Gasteiger partial charge < -0.3 is 10.1 Å². The van der Waals surface area contributed by atoms with E-state index in [-0.39, 0.29) is 17.3 Å². The van der Waals surface area contributed by atoms with Crippen LogP contribution in [0.4, 0.5) is 5.69 Å². The predicted octanol–water partition coefficient (Wildman–Crippen LogP) is 3.94.